The predicted octanol–water partition coefficient (Wildman–Crippen LogP) is 12.0. The third-order valence-electron chi connectivity index (χ3n) is 9.55. The number of hydrogen-bond acceptors (Lipinski definition) is 1. The standard InChI is InChI=1S/C43H25N3O/c1-44-27-22-25-41-34(26-27)32-23-24-40-42(43(32)47-41)33-16-6-11-21-39(33)46(40)38-20-10-5-15-31(38)30-14-4-9-19-37(30)45-35-17-7-2-12-28(35)29-13-3-8-18-36(29)45/h2-26H. The van der Waals surface area contributed by atoms with Crippen LogP contribution in [0, 0.1) is 6.57 Å². The van der Waals surface area contributed by atoms with Gasteiger partial charge in [-0.2, -0.15) is 0 Å². The Kier molecular flexibility index (Phi) is 5.32. The normalized spacial score (nSPS) is 11.8. The van der Waals surface area contributed by atoms with E-state index in [1.807, 2.05) is 18.2 Å². The lowest BCUT2D eigenvalue weighted by Gasteiger charge is -2.18. The first-order valence-electron chi connectivity index (χ1n) is 15.7. The summed E-state index contributed by atoms with van der Waals surface area (Å²) in [5.74, 6) is 0. The number of furan rings is 1. The number of hydrogen-bond donors (Lipinski definition) is 0. The molecule has 0 atom stereocenters. The molecule has 0 bridgehead atoms. The van der Waals surface area contributed by atoms with Crippen molar-refractivity contribution in [3.05, 3.63) is 163 Å². The minimum absolute atomic E-state index is 0.610. The van der Waals surface area contributed by atoms with Crippen LogP contribution in [-0.2, 0) is 0 Å². The lowest BCUT2D eigenvalue weighted by atomic mass is 10.0. The van der Waals surface area contributed by atoms with Crippen LogP contribution < -0.4 is 0 Å². The van der Waals surface area contributed by atoms with E-state index in [1.165, 1.54) is 21.8 Å². The molecule has 4 heteroatoms. The van der Waals surface area contributed by atoms with E-state index >= 15 is 0 Å². The van der Waals surface area contributed by atoms with Gasteiger partial charge < -0.3 is 13.6 Å². The van der Waals surface area contributed by atoms with E-state index < -0.39 is 0 Å². The Bertz CT molecular complexity index is 2880. The number of rotatable bonds is 3. The summed E-state index contributed by atoms with van der Waals surface area (Å²) in [6.07, 6.45) is 0. The summed E-state index contributed by atoms with van der Waals surface area (Å²) in [5.41, 5.74) is 11.3. The van der Waals surface area contributed by atoms with Crippen LogP contribution in [0.15, 0.2) is 156 Å². The Morgan fingerprint density at radius 3 is 1.62 bits per heavy atom. The minimum atomic E-state index is 0.610. The van der Waals surface area contributed by atoms with Gasteiger partial charge in [0.1, 0.15) is 11.2 Å². The average Bonchev–Trinajstić information content (AvgIpc) is 3.79. The van der Waals surface area contributed by atoms with Crippen molar-refractivity contribution < 1.29 is 4.42 Å². The number of para-hydroxylation sites is 5. The third-order valence-corrected chi connectivity index (χ3v) is 9.55. The Labute approximate surface area is 269 Å². The molecular formula is C43H25N3O. The molecule has 0 aliphatic carbocycles. The topological polar surface area (TPSA) is 27.4 Å². The largest absolute Gasteiger partial charge is 0.455 e. The molecule has 0 fully saturated rings. The Morgan fingerprint density at radius 2 is 0.979 bits per heavy atom. The van der Waals surface area contributed by atoms with Crippen LogP contribution in [0.5, 0.6) is 0 Å². The van der Waals surface area contributed by atoms with Crippen molar-refractivity contribution >= 4 is 71.2 Å². The smallest absolute Gasteiger partial charge is 0.188 e. The number of aromatic nitrogens is 2. The van der Waals surface area contributed by atoms with Gasteiger partial charge >= 0.3 is 0 Å². The molecule has 0 N–H and O–H groups in total. The quantitative estimate of drug-likeness (QED) is 0.186. The lowest BCUT2D eigenvalue weighted by Crippen LogP contribution is -2.01. The molecule has 47 heavy (non-hydrogen) atoms. The zero-order chi connectivity index (χ0) is 31.1. The fourth-order valence-electron chi connectivity index (χ4n) is 7.58. The highest BCUT2D eigenvalue weighted by molar-refractivity contribution is 6.24. The van der Waals surface area contributed by atoms with Gasteiger partial charge in [0.15, 0.2) is 5.69 Å². The molecule has 4 nitrogen and oxygen atoms in total. The molecule has 10 aromatic rings. The molecule has 7 aromatic carbocycles. The number of benzene rings is 7. The molecule has 218 valence electrons. The summed E-state index contributed by atoms with van der Waals surface area (Å²) in [5, 5.41) is 6.67. The average molecular weight is 600 g/mol. The van der Waals surface area contributed by atoms with Crippen LogP contribution in [0.4, 0.5) is 5.69 Å². The van der Waals surface area contributed by atoms with Gasteiger partial charge in [-0.05, 0) is 54.6 Å². The maximum Gasteiger partial charge on any atom is 0.188 e. The van der Waals surface area contributed by atoms with E-state index in [0.717, 1.165) is 66.2 Å². The Balaban J connectivity index is 1.29. The maximum atomic E-state index is 7.54. The molecule has 0 amide bonds. The summed E-state index contributed by atoms with van der Waals surface area (Å²) in [7, 11) is 0. The monoisotopic (exact) mass is 599 g/mol. The van der Waals surface area contributed by atoms with Crippen molar-refractivity contribution in [2.45, 2.75) is 0 Å². The SMILES string of the molecule is [C-]#[N+]c1ccc2oc3c(ccc4c3c3ccccc3n4-c3ccccc3-c3ccccc3-n3c4ccccc4c4ccccc43)c2c1. The van der Waals surface area contributed by atoms with E-state index in [4.69, 9.17) is 11.0 Å². The number of fused-ring (bicyclic) bond motifs is 10. The van der Waals surface area contributed by atoms with Crippen molar-refractivity contribution in [1.29, 1.82) is 0 Å². The second-order valence-electron chi connectivity index (χ2n) is 12.0. The second kappa shape index (κ2) is 9.71. The fourth-order valence-corrected chi connectivity index (χ4v) is 7.58. The van der Waals surface area contributed by atoms with Gasteiger partial charge in [0.05, 0.1) is 45.4 Å². The van der Waals surface area contributed by atoms with Gasteiger partial charge in [-0.25, -0.2) is 4.85 Å². The van der Waals surface area contributed by atoms with Gasteiger partial charge in [0.2, 0.25) is 0 Å². The van der Waals surface area contributed by atoms with Crippen LogP contribution in [-0.4, -0.2) is 9.13 Å². The van der Waals surface area contributed by atoms with Crippen LogP contribution in [0.1, 0.15) is 0 Å². The Morgan fingerprint density at radius 1 is 0.447 bits per heavy atom. The molecule has 0 saturated heterocycles. The highest BCUT2D eigenvalue weighted by atomic mass is 16.3. The van der Waals surface area contributed by atoms with Crippen LogP contribution >= 0.6 is 0 Å². The molecule has 0 radical (unpaired) electrons. The van der Waals surface area contributed by atoms with Crippen molar-refractivity contribution in [2.75, 3.05) is 0 Å². The summed E-state index contributed by atoms with van der Waals surface area (Å²) in [4.78, 5) is 3.66. The van der Waals surface area contributed by atoms with E-state index in [2.05, 4.69) is 147 Å². The zero-order valence-electron chi connectivity index (χ0n) is 25.2. The van der Waals surface area contributed by atoms with Gasteiger partial charge in [-0.3, -0.25) is 0 Å². The van der Waals surface area contributed by atoms with Crippen LogP contribution in [0.3, 0.4) is 0 Å². The van der Waals surface area contributed by atoms with E-state index in [9.17, 15) is 0 Å². The van der Waals surface area contributed by atoms with E-state index in [-0.39, 0.29) is 0 Å². The zero-order valence-corrected chi connectivity index (χ0v) is 25.2. The van der Waals surface area contributed by atoms with Crippen molar-refractivity contribution in [3.63, 3.8) is 0 Å². The molecule has 0 aliphatic heterocycles. The number of nitrogens with zero attached hydrogens (tertiary/aromatic N) is 3. The van der Waals surface area contributed by atoms with E-state index in [0.29, 0.717) is 5.69 Å². The first-order valence-corrected chi connectivity index (χ1v) is 15.7. The molecule has 0 aliphatic rings. The molecule has 3 heterocycles. The van der Waals surface area contributed by atoms with Gasteiger partial charge in [-0.15, -0.1) is 0 Å². The van der Waals surface area contributed by atoms with Gasteiger partial charge in [-0.1, -0.05) is 97.1 Å². The molecule has 3 aromatic heterocycles. The molecule has 10 rings (SSSR count). The van der Waals surface area contributed by atoms with Gasteiger partial charge in [0.25, 0.3) is 0 Å². The maximum absolute atomic E-state index is 7.54. The second-order valence-corrected chi connectivity index (χ2v) is 12.0. The fraction of sp³-hybridized carbons (Fsp3) is 0. The van der Waals surface area contributed by atoms with E-state index in [1.54, 1.807) is 0 Å². The van der Waals surface area contributed by atoms with Crippen LogP contribution in [0.2, 0.25) is 0 Å². The first kappa shape index (κ1) is 25.7. The highest BCUT2D eigenvalue weighted by Crippen LogP contribution is 2.44. The lowest BCUT2D eigenvalue weighted by molar-refractivity contribution is 0.673. The first-order chi connectivity index (χ1) is 23.3. The summed E-state index contributed by atoms with van der Waals surface area (Å²) in [6.45, 7) is 7.54. The Hall–Kier alpha value is -6.57. The predicted molar refractivity (Wildman–Crippen MR) is 194 cm³/mol. The van der Waals surface area contributed by atoms with Gasteiger partial charge in [0, 0.05) is 38.1 Å². The van der Waals surface area contributed by atoms with Crippen molar-refractivity contribution in [3.8, 4) is 22.5 Å². The van der Waals surface area contributed by atoms with Crippen molar-refractivity contribution in [2.24, 2.45) is 0 Å². The van der Waals surface area contributed by atoms with Crippen molar-refractivity contribution in [1.82, 2.24) is 9.13 Å². The molecular weight excluding hydrogens is 574 g/mol. The molecule has 0 saturated carbocycles. The summed E-state index contributed by atoms with van der Waals surface area (Å²) >= 11 is 0. The molecule has 0 spiro atoms. The minimum Gasteiger partial charge on any atom is -0.455 e. The van der Waals surface area contributed by atoms with Crippen LogP contribution in [0.25, 0.3) is 92.9 Å². The summed E-state index contributed by atoms with van der Waals surface area (Å²) in [6, 6.07) is 53.3. The third kappa shape index (κ3) is 3.57. The molecule has 0 unspecified atom stereocenters. The highest BCUT2D eigenvalue weighted by Gasteiger charge is 2.22. The summed E-state index contributed by atoms with van der Waals surface area (Å²) < 4.78 is 11.3.